The molecule has 0 saturated carbocycles. The number of carbonyl (C=O) groups is 1. The Morgan fingerprint density at radius 2 is 1.93 bits per heavy atom. The van der Waals surface area contributed by atoms with Gasteiger partial charge in [-0.2, -0.15) is 4.37 Å². The molecular formula is C23H25FN4OS. The van der Waals surface area contributed by atoms with Gasteiger partial charge in [-0.05, 0) is 42.5 Å². The van der Waals surface area contributed by atoms with Gasteiger partial charge in [-0.25, -0.2) is 9.37 Å². The number of hydrogen-bond donors (Lipinski definition) is 1. The van der Waals surface area contributed by atoms with Crippen molar-refractivity contribution in [1.82, 2.24) is 14.7 Å². The van der Waals surface area contributed by atoms with Gasteiger partial charge in [0.05, 0.1) is 5.92 Å². The number of aromatic nitrogens is 2. The molecule has 0 spiro atoms. The van der Waals surface area contributed by atoms with E-state index in [-0.39, 0.29) is 17.6 Å². The minimum atomic E-state index is -0.243. The molecule has 30 heavy (non-hydrogen) atoms. The van der Waals surface area contributed by atoms with E-state index in [1.54, 1.807) is 12.1 Å². The molecule has 3 aromatic rings. The number of amides is 1. The smallest absolute Gasteiger partial charge is 0.224 e. The number of piperidine rings is 1. The van der Waals surface area contributed by atoms with Crippen LogP contribution in [0.15, 0.2) is 54.6 Å². The second kappa shape index (κ2) is 9.80. The lowest BCUT2D eigenvalue weighted by molar-refractivity contribution is -0.125. The van der Waals surface area contributed by atoms with Gasteiger partial charge >= 0.3 is 0 Å². The highest BCUT2D eigenvalue weighted by Crippen LogP contribution is 2.25. The fourth-order valence-electron chi connectivity index (χ4n) is 3.71. The van der Waals surface area contributed by atoms with Crippen molar-refractivity contribution in [2.24, 2.45) is 5.92 Å². The van der Waals surface area contributed by atoms with Gasteiger partial charge in [-0.3, -0.25) is 4.79 Å². The third-order valence-electron chi connectivity index (χ3n) is 5.35. The minimum Gasteiger partial charge on any atom is -0.355 e. The lowest BCUT2D eigenvalue weighted by Crippen LogP contribution is -2.43. The summed E-state index contributed by atoms with van der Waals surface area (Å²) in [5.74, 6) is 0.578. The SMILES string of the molecule is O=C(NCCc1ccccc1)C1CCCN(c2nc(Cc3ccc(F)cc3)ns2)C1. The van der Waals surface area contributed by atoms with Crippen molar-refractivity contribution in [3.63, 3.8) is 0 Å². The molecule has 0 bridgehead atoms. The van der Waals surface area contributed by atoms with Crippen LogP contribution in [0.25, 0.3) is 0 Å². The Hall–Kier alpha value is -2.80. The lowest BCUT2D eigenvalue weighted by Gasteiger charge is -2.31. The van der Waals surface area contributed by atoms with E-state index in [4.69, 9.17) is 0 Å². The highest BCUT2D eigenvalue weighted by molar-refractivity contribution is 7.09. The Morgan fingerprint density at radius 3 is 2.73 bits per heavy atom. The molecule has 156 valence electrons. The second-order valence-corrected chi connectivity index (χ2v) is 8.34. The normalized spacial score (nSPS) is 16.4. The van der Waals surface area contributed by atoms with Crippen molar-refractivity contribution < 1.29 is 9.18 Å². The van der Waals surface area contributed by atoms with Gasteiger partial charge in [0, 0.05) is 37.6 Å². The molecule has 1 saturated heterocycles. The van der Waals surface area contributed by atoms with E-state index in [0.29, 0.717) is 19.5 Å². The molecule has 1 atom stereocenters. The van der Waals surface area contributed by atoms with Gasteiger partial charge in [0.15, 0.2) is 0 Å². The van der Waals surface area contributed by atoms with Crippen LogP contribution >= 0.6 is 11.5 Å². The molecule has 1 amide bonds. The summed E-state index contributed by atoms with van der Waals surface area (Å²) in [7, 11) is 0. The number of nitrogens with zero attached hydrogens (tertiary/aromatic N) is 3. The Labute approximate surface area is 180 Å². The van der Waals surface area contributed by atoms with Crippen LogP contribution in [-0.4, -0.2) is 34.9 Å². The molecule has 1 unspecified atom stereocenters. The van der Waals surface area contributed by atoms with Gasteiger partial charge < -0.3 is 10.2 Å². The number of halogens is 1. The van der Waals surface area contributed by atoms with Crippen LogP contribution in [-0.2, 0) is 17.6 Å². The Balaban J connectivity index is 1.29. The van der Waals surface area contributed by atoms with E-state index in [2.05, 4.69) is 31.7 Å². The van der Waals surface area contributed by atoms with Crippen molar-refractivity contribution in [2.45, 2.75) is 25.7 Å². The van der Waals surface area contributed by atoms with Crippen molar-refractivity contribution in [3.05, 3.63) is 77.4 Å². The van der Waals surface area contributed by atoms with Crippen molar-refractivity contribution in [3.8, 4) is 0 Å². The van der Waals surface area contributed by atoms with E-state index >= 15 is 0 Å². The molecule has 7 heteroatoms. The maximum atomic E-state index is 13.1. The van der Waals surface area contributed by atoms with Crippen LogP contribution in [0, 0.1) is 11.7 Å². The Morgan fingerprint density at radius 1 is 1.13 bits per heavy atom. The van der Waals surface area contributed by atoms with E-state index in [1.807, 2.05) is 18.2 Å². The van der Waals surface area contributed by atoms with Crippen molar-refractivity contribution in [1.29, 1.82) is 0 Å². The standard InChI is InChI=1S/C23H25FN4OS/c24-20-10-8-18(9-11-20)15-21-26-23(30-27-21)28-14-4-7-19(16-28)22(29)25-13-12-17-5-2-1-3-6-17/h1-3,5-6,8-11,19H,4,7,12-16H2,(H,25,29). The second-order valence-electron chi connectivity index (χ2n) is 7.61. The van der Waals surface area contributed by atoms with Gasteiger partial charge in [0.2, 0.25) is 11.0 Å². The van der Waals surface area contributed by atoms with Crippen LogP contribution in [0.4, 0.5) is 9.52 Å². The van der Waals surface area contributed by atoms with E-state index in [0.717, 1.165) is 42.3 Å². The first-order chi connectivity index (χ1) is 14.7. The average Bonchev–Trinajstić information content (AvgIpc) is 3.25. The average molecular weight is 425 g/mol. The summed E-state index contributed by atoms with van der Waals surface area (Å²) in [5.41, 5.74) is 2.21. The minimum absolute atomic E-state index is 0.0287. The van der Waals surface area contributed by atoms with Crippen LogP contribution in [0.2, 0.25) is 0 Å². The zero-order chi connectivity index (χ0) is 20.8. The molecular weight excluding hydrogens is 399 g/mol. The maximum absolute atomic E-state index is 13.1. The lowest BCUT2D eigenvalue weighted by atomic mass is 9.97. The fraction of sp³-hybridized carbons (Fsp3) is 0.348. The summed E-state index contributed by atoms with van der Waals surface area (Å²) in [6, 6.07) is 16.6. The molecule has 1 aromatic heterocycles. The molecule has 0 radical (unpaired) electrons. The number of benzene rings is 2. The molecule has 5 nitrogen and oxygen atoms in total. The van der Waals surface area contributed by atoms with Crippen LogP contribution in [0.1, 0.15) is 29.8 Å². The number of carbonyl (C=O) groups excluding carboxylic acids is 1. The van der Waals surface area contributed by atoms with Crippen molar-refractivity contribution in [2.75, 3.05) is 24.5 Å². The quantitative estimate of drug-likeness (QED) is 0.626. The zero-order valence-corrected chi connectivity index (χ0v) is 17.6. The zero-order valence-electron chi connectivity index (χ0n) is 16.8. The summed E-state index contributed by atoms with van der Waals surface area (Å²) in [6.07, 6.45) is 3.28. The molecule has 2 heterocycles. The monoisotopic (exact) mass is 424 g/mol. The van der Waals surface area contributed by atoms with Gasteiger partial charge in [-0.15, -0.1) is 0 Å². The molecule has 0 aliphatic carbocycles. The summed E-state index contributed by atoms with van der Waals surface area (Å²) in [4.78, 5) is 19.5. The van der Waals surface area contributed by atoms with Crippen LogP contribution < -0.4 is 10.2 Å². The fourth-order valence-corrected chi connectivity index (χ4v) is 4.43. The Kier molecular flexibility index (Phi) is 6.69. The highest BCUT2D eigenvalue weighted by Gasteiger charge is 2.27. The number of nitrogens with one attached hydrogen (secondary N) is 1. The number of anilines is 1. The summed E-state index contributed by atoms with van der Waals surface area (Å²) in [6.45, 7) is 2.21. The molecule has 1 aliphatic rings. The molecule has 1 N–H and O–H groups in total. The summed E-state index contributed by atoms with van der Waals surface area (Å²) >= 11 is 1.37. The molecule has 1 aliphatic heterocycles. The van der Waals surface area contributed by atoms with Gasteiger partial charge in [-0.1, -0.05) is 42.5 Å². The third-order valence-corrected chi connectivity index (χ3v) is 6.17. The van der Waals surface area contributed by atoms with Gasteiger partial charge in [0.1, 0.15) is 11.6 Å². The molecule has 2 aromatic carbocycles. The third kappa shape index (κ3) is 5.42. The maximum Gasteiger partial charge on any atom is 0.224 e. The van der Waals surface area contributed by atoms with E-state index in [9.17, 15) is 9.18 Å². The number of rotatable bonds is 7. The molecule has 1 fully saturated rings. The van der Waals surface area contributed by atoms with E-state index in [1.165, 1.54) is 29.2 Å². The van der Waals surface area contributed by atoms with Crippen LogP contribution in [0.5, 0.6) is 0 Å². The Bertz CT molecular complexity index is 961. The first-order valence-electron chi connectivity index (χ1n) is 10.3. The predicted octanol–water partition coefficient (Wildman–Crippen LogP) is 3.84. The largest absolute Gasteiger partial charge is 0.355 e. The summed E-state index contributed by atoms with van der Waals surface area (Å²) < 4.78 is 17.5. The van der Waals surface area contributed by atoms with E-state index < -0.39 is 0 Å². The van der Waals surface area contributed by atoms with Crippen molar-refractivity contribution >= 4 is 22.6 Å². The van der Waals surface area contributed by atoms with Crippen LogP contribution in [0.3, 0.4) is 0 Å². The topological polar surface area (TPSA) is 58.1 Å². The summed E-state index contributed by atoms with van der Waals surface area (Å²) in [5, 5.41) is 3.94. The van der Waals surface area contributed by atoms with Gasteiger partial charge in [0.25, 0.3) is 0 Å². The molecule has 4 rings (SSSR count). The first-order valence-corrected chi connectivity index (χ1v) is 11.1. The predicted molar refractivity (Wildman–Crippen MR) is 117 cm³/mol. The number of hydrogen-bond acceptors (Lipinski definition) is 5. The highest BCUT2D eigenvalue weighted by atomic mass is 32.1. The first kappa shape index (κ1) is 20.5.